The summed E-state index contributed by atoms with van der Waals surface area (Å²) in [5, 5.41) is 0. The zero-order valence-electron chi connectivity index (χ0n) is 15.4. The van der Waals surface area contributed by atoms with E-state index in [2.05, 4.69) is 6.58 Å². The van der Waals surface area contributed by atoms with Crippen molar-refractivity contribution in [1.82, 2.24) is 4.90 Å². The lowest BCUT2D eigenvalue weighted by Gasteiger charge is -2.33. The maximum Gasteiger partial charge on any atom is 0.302 e. The van der Waals surface area contributed by atoms with Crippen LogP contribution >= 0.6 is 0 Å². The molecule has 4 heteroatoms. The fourth-order valence-electron chi connectivity index (χ4n) is 1.97. The van der Waals surface area contributed by atoms with Crippen LogP contribution < -0.4 is 0 Å². The number of esters is 1. The van der Waals surface area contributed by atoms with Gasteiger partial charge in [-0.3, -0.25) is 14.5 Å². The molecule has 3 atom stereocenters. The van der Waals surface area contributed by atoms with Crippen molar-refractivity contribution in [2.24, 2.45) is 5.92 Å². The van der Waals surface area contributed by atoms with Crippen molar-refractivity contribution in [3.63, 3.8) is 0 Å². The highest BCUT2D eigenvalue weighted by Gasteiger charge is 2.33. The topological polar surface area (TPSA) is 46.6 Å². The minimum Gasteiger partial charge on any atom is -0.460 e. The molecule has 0 aliphatic heterocycles. The van der Waals surface area contributed by atoms with Gasteiger partial charge in [0, 0.05) is 6.92 Å². The third-order valence-electron chi connectivity index (χ3n) is 2.69. The molecule has 126 valence electrons. The highest BCUT2D eigenvalue weighted by Crippen LogP contribution is 2.19. The Morgan fingerprint density at radius 2 is 1.57 bits per heavy atom. The average molecular weight is 301 g/mol. The zero-order valence-corrected chi connectivity index (χ0v) is 15.4. The second-order valence-corrected chi connectivity index (χ2v) is 4.59. The summed E-state index contributed by atoms with van der Waals surface area (Å²) < 4.78 is 5.30. The van der Waals surface area contributed by atoms with E-state index >= 15 is 0 Å². The van der Waals surface area contributed by atoms with Gasteiger partial charge < -0.3 is 4.74 Å². The van der Waals surface area contributed by atoms with Crippen molar-refractivity contribution in [1.29, 1.82) is 0 Å². The van der Waals surface area contributed by atoms with Crippen molar-refractivity contribution < 1.29 is 14.3 Å². The highest BCUT2D eigenvalue weighted by molar-refractivity contribution is 5.82. The summed E-state index contributed by atoms with van der Waals surface area (Å²) in [4.78, 5) is 24.6. The van der Waals surface area contributed by atoms with Gasteiger partial charge in [0.15, 0.2) is 5.78 Å². The Hall–Kier alpha value is -1.16. The van der Waals surface area contributed by atoms with E-state index in [-0.39, 0.29) is 17.7 Å². The quantitative estimate of drug-likeness (QED) is 0.531. The summed E-state index contributed by atoms with van der Waals surface area (Å²) in [7, 11) is 3.62. The monoisotopic (exact) mass is 301 g/mol. The van der Waals surface area contributed by atoms with Gasteiger partial charge in [0.2, 0.25) is 0 Å². The predicted octanol–water partition coefficient (Wildman–Crippen LogP) is 3.70. The normalized spacial score (nSPS) is 13.6. The fraction of sp³-hybridized carbons (Fsp3) is 0.765. The van der Waals surface area contributed by atoms with Crippen LogP contribution in [0.15, 0.2) is 12.7 Å². The number of nitrogens with zero attached hydrogens (tertiary/aromatic N) is 1. The largest absolute Gasteiger partial charge is 0.460 e. The molecule has 0 spiro atoms. The minimum absolute atomic E-state index is 0.00263. The van der Waals surface area contributed by atoms with E-state index in [0.29, 0.717) is 6.42 Å². The number of ether oxygens (including phenoxy) is 1. The van der Waals surface area contributed by atoms with Crippen LogP contribution in [0.25, 0.3) is 0 Å². The summed E-state index contributed by atoms with van der Waals surface area (Å²) in [5.41, 5.74) is 0. The molecular formula is C17H35NO3. The molecular weight excluding hydrogens is 266 g/mol. The molecule has 21 heavy (non-hydrogen) atoms. The number of carbonyl (C=O) groups excluding carboxylic acids is 2. The number of Topliss-reactive ketones (excluding diaryl/α,β-unsaturated/α-hetero) is 1. The first-order valence-corrected chi connectivity index (χ1v) is 7.76. The number of allylic oxidation sites excluding steroid dienone is 1. The summed E-state index contributed by atoms with van der Waals surface area (Å²) in [6.07, 6.45) is 2.04. The lowest BCUT2D eigenvalue weighted by atomic mass is 9.92. The maximum atomic E-state index is 11.7. The number of likely N-dealkylation sites (N-methyl/N-ethyl adjacent to an activating group) is 1. The Morgan fingerprint density at radius 3 is 1.81 bits per heavy atom. The lowest BCUT2D eigenvalue weighted by Crippen LogP contribution is -2.49. The smallest absolute Gasteiger partial charge is 0.302 e. The molecule has 4 nitrogen and oxygen atoms in total. The Bertz CT molecular complexity index is 288. The summed E-state index contributed by atoms with van der Waals surface area (Å²) in [6.45, 7) is 16.5. The van der Waals surface area contributed by atoms with E-state index in [1.807, 2.05) is 48.7 Å². The van der Waals surface area contributed by atoms with E-state index in [0.717, 1.165) is 0 Å². The van der Waals surface area contributed by atoms with E-state index in [1.54, 1.807) is 11.0 Å². The van der Waals surface area contributed by atoms with Crippen LogP contribution in [0.4, 0.5) is 0 Å². The van der Waals surface area contributed by atoms with Crippen LogP contribution in [-0.2, 0) is 14.3 Å². The molecule has 0 saturated carbocycles. The van der Waals surface area contributed by atoms with Crippen LogP contribution in [0, 0.1) is 5.92 Å². The van der Waals surface area contributed by atoms with Crippen LogP contribution in [0.2, 0.25) is 0 Å². The molecule has 0 heterocycles. The summed E-state index contributed by atoms with van der Waals surface area (Å²) in [5.74, 6) is -0.302. The molecule has 0 aromatic rings. The van der Waals surface area contributed by atoms with E-state index < -0.39 is 12.1 Å². The number of hydrogen-bond donors (Lipinski definition) is 0. The average Bonchev–Trinajstić information content (AvgIpc) is 2.41. The molecule has 0 fully saturated rings. The van der Waals surface area contributed by atoms with Crippen molar-refractivity contribution in [3.05, 3.63) is 12.7 Å². The molecule has 0 amide bonds. The standard InChI is InChI=1S/C13H23NO3.2C2H6/c1-7-8-9(2)13(17-11(4)16)12(10(3)15)14(5)6;2*1-2/h7,9,12-13H,1,8H2,2-6H3;2*1-2H3/t9-,12-,13?;;/m1../s1. The summed E-state index contributed by atoms with van der Waals surface area (Å²) in [6, 6.07) is -0.408. The molecule has 0 rings (SSSR count). The first-order chi connectivity index (χ1) is 9.81. The van der Waals surface area contributed by atoms with Gasteiger partial charge in [-0.25, -0.2) is 0 Å². The van der Waals surface area contributed by atoms with Crippen molar-refractivity contribution in [2.45, 2.75) is 67.0 Å². The molecule has 0 aliphatic rings. The molecule has 1 unspecified atom stereocenters. The molecule has 0 aromatic heterocycles. The first-order valence-electron chi connectivity index (χ1n) is 7.76. The fourth-order valence-corrected chi connectivity index (χ4v) is 1.97. The second kappa shape index (κ2) is 15.2. The van der Waals surface area contributed by atoms with E-state index in [4.69, 9.17) is 4.74 Å². The van der Waals surface area contributed by atoms with Gasteiger partial charge >= 0.3 is 5.97 Å². The molecule has 0 saturated heterocycles. The SMILES string of the molecule is C=CC[C@@H](C)C(OC(C)=O)[C@@H](C(C)=O)N(C)C.CC.CC. The van der Waals surface area contributed by atoms with Crippen LogP contribution in [-0.4, -0.2) is 42.9 Å². The van der Waals surface area contributed by atoms with Crippen molar-refractivity contribution in [3.8, 4) is 0 Å². The first kappa shape index (κ1) is 24.8. The number of hydrogen-bond acceptors (Lipinski definition) is 4. The molecule has 0 N–H and O–H groups in total. The summed E-state index contributed by atoms with van der Waals surface area (Å²) >= 11 is 0. The molecule has 0 aliphatic carbocycles. The predicted molar refractivity (Wildman–Crippen MR) is 90.4 cm³/mol. The molecule has 0 bridgehead atoms. The van der Waals surface area contributed by atoms with Crippen molar-refractivity contribution in [2.75, 3.05) is 14.1 Å². The minimum atomic E-state index is -0.432. The van der Waals surface area contributed by atoms with Crippen LogP contribution in [0.5, 0.6) is 0 Å². The Morgan fingerprint density at radius 1 is 1.14 bits per heavy atom. The maximum absolute atomic E-state index is 11.7. The van der Waals surface area contributed by atoms with Gasteiger partial charge in [-0.05, 0) is 33.4 Å². The van der Waals surface area contributed by atoms with Crippen molar-refractivity contribution >= 4 is 11.8 Å². The van der Waals surface area contributed by atoms with Gasteiger partial charge in [-0.15, -0.1) is 6.58 Å². The van der Waals surface area contributed by atoms with Crippen LogP contribution in [0.1, 0.15) is 54.9 Å². The lowest BCUT2D eigenvalue weighted by molar-refractivity contribution is -0.154. The second-order valence-electron chi connectivity index (χ2n) is 4.59. The third kappa shape index (κ3) is 11.2. The highest BCUT2D eigenvalue weighted by atomic mass is 16.5. The molecule has 0 radical (unpaired) electrons. The van der Waals surface area contributed by atoms with Gasteiger partial charge in [0.25, 0.3) is 0 Å². The Labute approximate surface area is 131 Å². The van der Waals surface area contributed by atoms with Gasteiger partial charge in [0.05, 0.1) is 0 Å². The van der Waals surface area contributed by atoms with Gasteiger partial charge in [-0.2, -0.15) is 0 Å². The van der Waals surface area contributed by atoms with Gasteiger partial charge in [0.1, 0.15) is 12.1 Å². The van der Waals surface area contributed by atoms with E-state index in [9.17, 15) is 9.59 Å². The molecule has 0 aromatic carbocycles. The Balaban J connectivity index is -0.000000739. The van der Waals surface area contributed by atoms with E-state index in [1.165, 1.54) is 13.8 Å². The Kier molecular flexibility index (Phi) is 18.0. The number of rotatable bonds is 7. The van der Waals surface area contributed by atoms with Gasteiger partial charge in [-0.1, -0.05) is 40.7 Å². The number of ketones is 1. The number of carbonyl (C=O) groups is 2. The third-order valence-corrected chi connectivity index (χ3v) is 2.69. The zero-order chi connectivity index (χ0) is 17.6. The van der Waals surface area contributed by atoms with Crippen LogP contribution in [0.3, 0.4) is 0 Å².